The molecule has 1 N–H and O–H groups in total. The molecule has 118 valence electrons. The number of amides is 2. The van der Waals surface area contributed by atoms with Crippen LogP contribution in [0.1, 0.15) is 41.3 Å². The van der Waals surface area contributed by atoms with Crippen LogP contribution in [0.15, 0.2) is 30.3 Å². The number of nitrogens with one attached hydrogen (secondary N) is 1. The summed E-state index contributed by atoms with van der Waals surface area (Å²) in [7, 11) is 0. The van der Waals surface area contributed by atoms with E-state index in [0.717, 1.165) is 21.9 Å². The SMILES string of the molecule is CC(=O)c1cccc2c(C)ccc(CC3CCC(=O)NC3=O)c12. The fourth-order valence-electron chi connectivity index (χ4n) is 3.29. The number of piperidine rings is 1. The molecule has 1 unspecified atom stereocenters. The lowest BCUT2D eigenvalue weighted by molar-refractivity contribution is -0.136. The predicted octanol–water partition coefficient (Wildman–Crippen LogP) is 2.95. The first-order valence-electron chi connectivity index (χ1n) is 7.83. The summed E-state index contributed by atoms with van der Waals surface area (Å²) >= 11 is 0. The Labute approximate surface area is 134 Å². The Balaban J connectivity index is 2.07. The van der Waals surface area contributed by atoms with Gasteiger partial charge in [-0.25, -0.2) is 0 Å². The van der Waals surface area contributed by atoms with E-state index in [2.05, 4.69) is 5.32 Å². The van der Waals surface area contributed by atoms with E-state index in [1.54, 1.807) is 6.92 Å². The third kappa shape index (κ3) is 2.89. The van der Waals surface area contributed by atoms with Gasteiger partial charge in [0.15, 0.2) is 5.78 Å². The number of fused-ring (bicyclic) bond motifs is 1. The Morgan fingerprint density at radius 2 is 2.00 bits per heavy atom. The number of carbonyl (C=O) groups excluding carboxylic acids is 3. The Morgan fingerprint density at radius 3 is 2.70 bits per heavy atom. The number of hydrogen-bond donors (Lipinski definition) is 1. The van der Waals surface area contributed by atoms with Crippen molar-refractivity contribution in [3.8, 4) is 0 Å². The summed E-state index contributed by atoms with van der Waals surface area (Å²) in [6.45, 7) is 3.58. The number of hydrogen-bond acceptors (Lipinski definition) is 3. The van der Waals surface area contributed by atoms with Crippen molar-refractivity contribution >= 4 is 28.4 Å². The van der Waals surface area contributed by atoms with Gasteiger partial charge in [-0.2, -0.15) is 0 Å². The molecule has 4 nitrogen and oxygen atoms in total. The second-order valence-corrected chi connectivity index (χ2v) is 6.18. The van der Waals surface area contributed by atoms with Gasteiger partial charge in [0.1, 0.15) is 0 Å². The highest BCUT2D eigenvalue weighted by atomic mass is 16.2. The molecule has 0 radical (unpaired) electrons. The smallest absolute Gasteiger partial charge is 0.230 e. The van der Waals surface area contributed by atoms with Crippen molar-refractivity contribution in [2.45, 2.75) is 33.1 Å². The predicted molar refractivity (Wildman–Crippen MR) is 88.3 cm³/mol. The topological polar surface area (TPSA) is 63.2 Å². The maximum Gasteiger partial charge on any atom is 0.230 e. The van der Waals surface area contributed by atoms with Crippen LogP contribution in [0.25, 0.3) is 10.8 Å². The van der Waals surface area contributed by atoms with Gasteiger partial charge < -0.3 is 0 Å². The highest BCUT2D eigenvalue weighted by molar-refractivity contribution is 6.09. The third-order valence-electron chi connectivity index (χ3n) is 4.54. The quantitative estimate of drug-likeness (QED) is 0.700. The van der Waals surface area contributed by atoms with E-state index in [0.29, 0.717) is 24.8 Å². The summed E-state index contributed by atoms with van der Waals surface area (Å²) in [6.07, 6.45) is 1.47. The lowest BCUT2D eigenvalue weighted by Gasteiger charge is -2.22. The first-order valence-corrected chi connectivity index (χ1v) is 7.83. The molecule has 3 rings (SSSR count). The Bertz CT molecular complexity index is 823. The van der Waals surface area contributed by atoms with E-state index in [-0.39, 0.29) is 23.5 Å². The zero-order valence-corrected chi connectivity index (χ0v) is 13.3. The minimum absolute atomic E-state index is 0.0192. The minimum Gasteiger partial charge on any atom is -0.296 e. The average Bonchev–Trinajstić information content (AvgIpc) is 2.52. The van der Waals surface area contributed by atoms with Crippen molar-refractivity contribution in [1.82, 2.24) is 5.32 Å². The van der Waals surface area contributed by atoms with E-state index < -0.39 is 0 Å². The number of imide groups is 1. The van der Waals surface area contributed by atoms with Crippen LogP contribution in [-0.4, -0.2) is 17.6 Å². The summed E-state index contributed by atoms with van der Waals surface area (Å²) < 4.78 is 0. The molecule has 0 saturated carbocycles. The molecule has 0 bridgehead atoms. The number of Topliss-reactive ketones (excluding diaryl/α,β-unsaturated/α-hetero) is 1. The minimum atomic E-state index is -0.223. The molecule has 0 aromatic heterocycles. The Morgan fingerprint density at radius 1 is 1.22 bits per heavy atom. The Hall–Kier alpha value is -2.49. The molecule has 4 heteroatoms. The molecule has 1 heterocycles. The zero-order valence-electron chi connectivity index (χ0n) is 13.3. The largest absolute Gasteiger partial charge is 0.296 e. The monoisotopic (exact) mass is 309 g/mol. The van der Waals surface area contributed by atoms with Gasteiger partial charge in [0, 0.05) is 17.9 Å². The lowest BCUT2D eigenvalue weighted by atomic mass is 9.86. The molecule has 1 saturated heterocycles. The molecule has 23 heavy (non-hydrogen) atoms. The summed E-state index contributed by atoms with van der Waals surface area (Å²) in [5.41, 5.74) is 2.79. The number of aryl methyl sites for hydroxylation is 1. The number of ketones is 1. The first kappa shape index (κ1) is 15.4. The van der Waals surface area contributed by atoms with Crippen LogP contribution in [0.4, 0.5) is 0 Å². The second-order valence-electron chi connectivity index (χ2n) is 6.18. The van der Waals surface area contributed by atoms with Crippen LogP contribution in [0.5, 0.6) is 0 Å². The van der Waals surface area contributed by atoms with Gasteiger partial charge in [-0.1, -0.05) is 30.3 Å². The van der Waals surface area contributed by atoms with Gasteiger partial charge in [0.25, 0.3) is 0 Å². The number of rotatable bonds is 3. The summed E-state index contributed by atoms with van der Waals surface area (Å²) in [5.74, 6) is -0.621. The molecule has 1 atom stereocenters. The van der Waals surface area contributed by atoms with Crippen molar-refractivity contribution in [2.24, 2.45) is 5.92 Å². The van der Waals surface area contributed by atoms with Crippen molar-refractivity contribution in [3.05, 3.63) is 47.0 Å². The molecule has 1 aliphatic rings. The van der Waals surface area contributed by atoms with Crippen LogP contribution >= 0.6 is 0 Å². The molecular formula is C19H19NO3. The van der Waals surface area contributed by atoms with Crippen LogP contribution < -0.4 is 5.32 Å². The van der Waals surface area contributed by atoms with E-state index in [1.807, 2.05) is 37.3 Å². The molecule has 0 aliphatic carbocycles. The van der Waals surface area contributed by atoms with Crippen LogP contribution in [-0.2, 0) is 16.0 Å². The summed E-state index contributed by atoms with van der Waals surface area (Å²) in [6, 6.07) is 9.74. The van der Waals surface area contributed by atoms with Gasteiger partial charge in [-0.3, -0.25) is 19.7 Å². The number of carbonyl (C=O) groups is 3. The van der Waals surface area contributed by atoms with Crippen molar-refractivity contribution in [2.75, 3.05) is 0 Å². The fourth-order valence-corrected chi connectivity index (χ4v) is 3.29. The van der Waals surface area contributed by atoms with Crippen molar-refractivity contribution in [3.63, 3.8) is 0 Å². The van der Waals surface area contributed by atoms with Crippen LogP contribution in [0.3, 0.4) is 0 Å². The summed E-state index contributed by atoms with van der Waals surface area (Å²) in [4.78, 5) is 35.3. The highest BCUT2D eigenvalue weighted by Crippen LogP contribution is 2.29. The molecule has 1 fully saturated rings. The van der Waals surface area contributed by atoms with Gasteiger partial charge in [-0.15, -0.1) is 0 Å². The van der Waals surface area contributed by atoms with Gasteiger partial charge in [0.2, 0.25) is 11.8 Å². The highest BCUT2D eigenvalue weighted by Gasteiger charge is 2.27. The lowest BCUT2D eigenvalue weighted by Crippen LogP contribution is -2.41. The summed E-state index contributed by atoms with van der Waals surface area (Å²) in [5, 5.41) is 4.38. The zero-order chi connectivity index (χ0) is 16.6. The molecule has 1 aliphatic heterocycles. The maximum atomic E-state index is 12.0. The van der Waals surface area contributed by atoms with Crippen molar-refractivity contribution in [1.29, 1.82) is 0 Å². The van der Waals surface area contributed by atoms with E-state index in [9.17, 15) is 14.4 Å². The first-order chi connectivity index (χ1) is 11.0. The Kier molecular flexibility index (Phi) is 3.99. The van der Waals surface area contributed by atoms with Crippen LogP contribution in [0.2, 0.25) is 0 Å². The molecular weight excluding hydrogens is 290 g/mol. The van der Waals surface area contributed by atoms with E-state index >= 15 is 0 Å². The third-order valence-corrected chi connectivity index (χ3v) is 4.54. The molecule has 2 aromatic carbocycles. The molecule has 0 spiro atoms. The normalized spacial score (nSPS) is 18.1. The van der Waals surface area contributed by atoms with Crippen LogP contribution in [0, 0.1) is 12.8 Å². The van der Waals surface area contributed by atoms with E-state index in [4.69, 9.17) is 0 Å². The maximum absolute atomic E-state index is 12.0. The average molecular weight is 309 g/mol. The second kappa shape index (κ2) is 5.95. The molecule has 2 aromatic rings. The van der Waals surface area contributed by atoms with E-state index in [1.165, 1.54) is 0 Å². The fraction of sp³-hybridized carbons (Fsp3) is 0.316. The number of benzene rings is 2. The van der Waals surface area contributed by atoms with Crippen molar-refractivity contribution < 1.29 is 14.4 Å². The van der Waals surface area contributed by atoms with Gasteiger partial charge in [0.05, 0.1) is 0 Å². The molecule has 2 amide bonds. The van der Waals surface area contributed by atoms with Gasteiger partial charge in [-0.05, 0) is 48.6 Å². The van der Waals surface area contributed by atoms with Gasteiger partial charge >= 0.3 is 0 Å². The standard InChI is InChI=1S/C19H19NO3/c1-11-6-7-13(10-14-8-9-17(22)20-19(14)23)18-15(11)4-3-5-16(18)12(2)21/h3-7,14H,8-10H2,1-2H3,(H,20,22,23).